The van der Waals surface area contributed by atoms with Crippen LogP contribution in [-0.4, -0.2) is 20.2 Å². The number of aryl methyl sites for hydroxylation is 1. The molecule has 0 heterocycles. The van der Waals surface area contributed by atoms with E-state index in [0.29, 0.717) is 12.1 Å². The van der Waals surface area contributed by atoms with Crippen LogP contribution >= 0.6 is 0 Å². The number of ether oxygens (including phenoxy) is 2. The Morgan fingerprint density at radius 2 is 1.81 bits per heavy atom. The Kier molecular flexibility index (Phi) is 4.82. The number of hydrogen-bond acceptors (Lipinski definition) is 4. The van der Waals surface area contributed by atoms with Crippen LogP contribution in [-0.2, 0) is 11.3 Å². The first-order valence-electron chi connectivity index (χ1n) is 6.70. The van der Waals surface area contributed by atoms with Crippen LogP contribution in [0, 0.1) is 6.92 Å². The third-order valence-electron chi connectivity index (χ3n) is 3.30. The highest BCUT2D eigenvalue weighted by Gasteiger charge is 2.07. The average Bonchev–Trinajstić information content (AvgIpc) is 2.53. The molecule has 21 heavy (non-hydrogen) atoms. The van der Waals surface area contributed by atoms with E-state index in [4.69, 9.17) is 9.47 Å². The van der Waals surface area contributed by atoms with Gasteiger partial charge in [-0.2, -0.15) is 0 Å². The Hall–Kier alpha value is -2.49. The first-order valence-corrected chi connectivity index (χ1v) is 6.70. The van der Waals surface area contributed by atoms with Crippen molar-refractivity contribution in [2.45, 2.75) is 13.5 Å². The summed E-state index contributed by atoms with van der Waals surface area (Å²) in [6.45, 7) is 2.67. The summed E-state index contributed by atoms with van der Waals surface area (Å²) >= 11 is 0. The summed E-state index contributed by atoms with van der Waals surface area (Å²) in [5.41, 5.74) is 3.68. The number of methoxy groups -OCH3 is 2. The van der Waals surface area contributed by atoms with Gasteiger partial charge in [0.15, 0.2) is 0 Å². The molecule has 4 nitrogen and oxygen atoms in total. The van der Waals surface area contributed by atoms with Crippen LogP contribution < -0.4 is 10.1 Å². The molecule has 0 aliphatic carbocycles. The second kappa shape index (κ2) is 6.79. The summed E-state index contributed by atoms with van der Waals surface area (Å²) in [4.78, 5) is 11.6. The summed E-state index contributed by atoms with van der Waals surface area (Å²) in [6.07, 6.45) is 0. The van der Waals surface area contributed by atoms with E-state index in [9.17, 15) is 4.79 Å². The molecule has 0 fully saturated rings. The minimum Gasteiger partial charge on any atom is -0.497 e. The van der Waals surface area contributed by atoms with Crippen LogP contribution in [0.5, 0.6) is 5.75 Å². The van der Waals surface area contributed by atoms with E-state index in [1.54, 1.807) is 13.2 Å². The maximum atomic E-state index is 11.6. The molecule has 0 aliphatic heterocycles. The van der Waals surface area contributed by atoms with E-state index >= 15 is 0 Å². The van der Waals surface area contributed by atoms with Gasteiger partial charge in [0, 0.05) is 12.2 Å². The largest absolute Gasteiger partial charge is 0.497 e. The smallest absolute Gasteiger partial charge is 0.337 e. The summed E-state index contributed by atoms with van der Waals surface area (Å²) in [6, 6.07) is 13.3. The average molecular weight is 285 g/mol. The molecule has 0 aromatic heterocycles. The lowest BCUT2D eigenvalue weighted by Gasteiger charge is -2.11. The minimum absolute atomic E-state index is 0.331. The highest BCUT2D eigenvalue weighted by molar-refractivity contribution is 5.90. The van der Waals surface area contributed by atoms with Crippen molar-refractivity contribution in [3.8, 4) is 5.75 Å². The maximum absolute atomic E-state index is 11.6. The van der Waals surface area contributed by atoms with Gasteiger partial charge in [0.05, 0.1) is 19.8 Å². The normalized spacial score (nSPS) is 10.0. The summed E-state index contributed by atoms with van der Waals surface area (Å²) in [7, 11) is 3.03. The fourth-order valence-corrected chi connectivity index (χ4v) is 2.00. The van der Waals surface area contributed by atoms with E-state index in [0.717, 1.165) is 22.6 Å². The third kappa shape index (κ3) is 3.75. The molecule has 0 saturated heterocycles. The van der Waals surface area contributed by atoms with Crippen molar-refractivity contribution in [3.63, 3.8) is 0 Å². The van der Waals surface area contributed by atoms with Crippen molar-refractivity contribution in [2.75, 3.05) is 19.5 Å². The lowest BCUT2D eigenvalue weighted by Crippen LogP contribution is -2.05. The molecule has 1 N–H and O–H groups in total. The topological polar surface area (TPSA) is 47.6 Å². The zero-order valence-corrected chi connectivity index (χ0v) is 12.5. The van der Waals surface area contributed by atoms with Crippen LogP contribution in [0.2, 0.25) is 0 Å². The van der Waals surface area contributed by atoms with Crippen molar-refractivity contribution in [2.24, 2.45) is 0 Å². The molecule has 0 bridgehead atoms. The molecular weight excluding hydrogens is 266 g/mol. The molecule has 0 atom stereocenters. The monoisotopic (exact) mass is 285 g/mol. The van der Waals surface area contributed by atoms with Crippen LogP contribution in [0.3, 0.4) is 0 Å². The first kappa shape index (κ1) is 14.9. The number of anilines is 1. The molecule has 0 radical (unpaired) electrons. The van der Waals surface area contributed by atoms with Crippen molar-refractivity contribution < 1.29 is 14.3 Å². The van der Waals surface area contributed by atoms with Crippen molar-refractivity contribution >= 4 is 11.7 Å². The Labute approximate surface area is 124 Å². The number of carbonyl (C=O) groups excluding carboxylic acids is 1. The van der Waals surface area contributed by atoms with E-state index in [1.165, 1.54) is 7.11 Å². The van der Waals surface area contributed by atoms with Gasteiger partial charge >= 0.3 is 5.97 Å². The highest BCUT2D eigenvalue weighted by Crippen LogP contribution is 2.19. The predicted octanol–water partition coefficient (Wildman–Crippen LogP) is 3.40. The Morgan fingerprint density at radius 1 is 1.10 bits per heavy atom. The Bertz CT molecular complexity index is 620. The molecule has 0 aliphatic rings. The summed E-state index contributed by atoms with van der Waals surface area (Å²) in [5, 5.41) is 3.34. The lowest BCUT2D eigenvalue weighted by atomic mass is 10.1. The van der Waals surface area contributed by atoms with Gasteiger partial charge in [0.2, 0.25) is 0 Å². The lowest BCUT2D eigenvalue weighted by molar-refractivity contribution is 0.0601. The minimum atomic E-state index is -0.331. The zero-order chi connectivity index (χ0) is 15.2. The van der Waals surface area contributed by atoms with Crippen LogP contribution in [0.1, 0.15) is 21.5 Å². The molecule has 110 valence electrons. The van der Waals surface area contributed by atoms with E-state index in [-0.39, 0.29) is 5.97 Å². The highest BCUT2D eigenvalue weighted by atomic mass is 16.5. The molecule has 0 spiro atoms. The molecule has 0 amide bonds. The van der Waals surface area contributed by atoms with Gasteiger partial charge in [-0.15, -0.1) is 0 Å². The molecule has 2 aromatic carbocycles. The van der Waals surface area contributed by atoms with Crippen molar-refractivity contribution in [3.05, 3.63) is 59.2 Å². The van der Waals surface area contributed by atoms with E-state index in [2.05, 4.69) is 5.32 Å². The van der Waals surface area contributed by atoms with Gasteiger partial charge in [-0.05, 0) is 42.3 Å². The van der Waals surface area contributed by atoms with Crippen LogP contribution in [0.4, 0.5) is 5.69 Å². The third-order valence-corrected chi connectivity index (χ3v) is 3.30. The van der Waals surface area contributed by atoms with Gasteiger partial charge in [-0.3, -0.25) is 0 Å². The van der Waals surface area contributed by atoms with Gasteiger partial charge in [-0.1, -0.05) is 18.2 Å². The number of benzene rings is 2. The molecule has 4 heteroatoms. The van der Waals surface area contributed by atoms with Crippen LogP contribution in [0.15, 0.2) is 42.5 Å². The second-order valence-electron chi connectivity index (χ2n) is 4.72. The standard InChI is InChI=1S/C17H19NO3/c1-12-4-7-14(17(19)21-3)10-16(12)18-11-13-5-8-15(20-2)9-6-13/h4-10,18H,11H2,1-3H3. The number of hydrogen-bond donors (Lipinski definition) is 1. The molecular formula is C17H19NO3. The second-order valence-corrected chi connectivity index (χ2v) is 4.72. The zero-order valence-electron chi connectivity index (χ0n) is 12.5. The Balaban J connectivity index is 2.09. The number of rotatable bonds is 5. The predicted molar refractivity (Wildman–Crippen MR) is 82.8 cm³/mol. The summed E-state index contributed by atoms with van der Waals surface area (Å²) < 4.78 is 9.87. The SMILES string of the molecule is COC(=O)c1ccc(C)c(NCc2ccc(OC)cc2)c1. The van der Waals surface area contributed by atoms with Crippen molar-refractivity contribution in [1.82, 2.24) is 0 Å². The Morgan fingerprint density at radius 3 is 2.43 bits per heavy atom. The number of nitrogens with one attached hydrogen (secondary N) is 1. The molecule has 0 unspecified atom stereocenters. The molecule has 0 saturated carbocycles. The quantitative estimate of drug-likeness (QED) is 0.855. The number of esters is 1. The van der Waals surface area contributed by atoms with Gasteiger partial charge < -0.3 is 14.8 Å². The fourth-order valence-electron chi connectivity index (χ4n) is 2.00. The number of carbonyl (C=O) groups is 1. The molecule has 2 aromatic rings. The maximum Gasteiger partial charge on any atom is 0.337 e. The van der Waals surface area contributed by atoms with Gasteiger partial charge in [-0.25, -0.2) is 4.79 Å². The summed E-state index contributed by atoms with van der Waals surface area (Å²) in [5.74, 6) is 0.505. The van der Waals surface area contributed by atoms with Gasteiger partial charge in [0.1, 0.15) is 5.75 Å². The van der Waals surface area contributed by atoms with Crippen molar-refractivity contribution in [1.29, 1.82) is 0 Å². The molecule has 2 rings (SSSR count). The van der Waals surface area contributed by atoms with E-state index in [1.807, 2.05) is 43.3 Å². The van der Waals surface area contributed by atoms with E-state index < -0.39 is 0 Å². The fraction of sp³-hybridized carbons (Fsp3) is 0.235. The van der Waals surface area contributed by atoms with Crippen LogP contribution in [0.25, 0.3) is 0 Å². The first-order chi connectivity index (χ1) is 10.1. The van der Waals surface area contributed by atoms with Gasteiger partial charge in [0.25, 0.3) is 0 Å².